The highest BCUT2D eigenvalue weighted by atomic mass is 15.0. The maximum Gasteiger partial charge on any atom is 0.106 e. The Kier molecular flexibility index (Phi) is 2.91. The van der Waals surface area contributed by atoms with Crippen LogP contribution < -0.4 is 0 Å². The van der Waals surface area contributed by atoms with Crippen LogP contribution in [0.2, 0.25) is 0 Å². The molecule has 2 heteroatoms. The number of nitrogens with zero attached hydrogens (tertiary/aromatic N) is 2. The summed E-state index contributed by atoms with van der Waals surface area (Å²) in [6.07, 6.45) is 0. The molecule has 1 heterocycles. The van der Waals surface area contributed by atoms with Gasteiger partial charge in [-0.3, -0.25) is 0 Å². The SMILES string of the molecule is [2H]C([2H])([2H])c1nc2cc(-c3cc(C([2H])(C)C)c(C)c(C([2H])(C)C)c3)ccc2n1C. The lowest BCUT2D eigenvalue weighted by molar-refractivity contribution is 0.818. The van der Waals surface area contributed by atoms with Gasteiger partial charge < -0.3 is 4.57 Å². The minimum atomic E-state index is -2.28. The van der Waals surface area contributed by atoms with Crippen molar-refractivity contribution in [2.24, 2.45) is 7.05 Å². The van der Waals surface area contributed by atoms with Crippen molar-refractivity contribution in [2.45, 2.75) is 53.3 Å². The van der Waals surface area contributed by atoms with Crippen LogP contribution in [0.4, 0.5) is 0 Å². The summed E-state index contributed by atoms with van der Waals surface area (Å²) in [4.78, 5) is 4.36. The molecule has 0 saturated heterocycles. The Morgan fingerprint density at radius 1 is 1.00 bits per heavy atom. The van der Waals surface area contributed by atoms with Gasteiger partial charge in [0, 0.05) is 13.9 Å². The van der Waals surface area contributed by atoms with Gasteiger partial charge in [-0.1, -0.05) is 45.9 Å². The Bertz CT molecular complexity index is 1040. The summed E-state index contributed by atoms with van der Waals surface area (Å²) in [6, 6.07) is 9.72. The molecule has 126 valence electrons. The largest absolute Gasteiger partial charge is 0.331 e. The van der Waals surface area contributed by atoms with Gasteiger partial charge in [0.15, 0.2) is 0 Å². The monoisotopic (exact) mass is 325 g/mol. The number of hydrogen-bond donors (Lipinski definition) is 0. The van der Waals surface area contributed by atoms with Gasteiger partial charge in [0.1, 0.15) is 5.82 Å². The van der Waals surface area contributed by atoms with Crippen molar-refractivity contribution in [3.05, 3.63) is 52.8 Å². The topological polar surface area (TPSA) is 17.8 Å². The Morgan fingerprint density at radius 2 is 1.62 bits per heavy atom. The van der Waals surface area contributed by atoms with E-state index in [4.69, 9.17) is 6.85 Å². The van der Waals surface area contributed by atoms with Crippen molar-refractivity contribution in [1.29, 1.82) is 0 Å². The molecular formula is C22H28N2. The van der Waals surface area contributed by atoms with Crippen molar-refractivity contribution in [3.8, 4) is 11.1 Å². The average Bonchev–Trinajstić information content (AvgIpc) is 2.89. The van der Waals surface area contributed by atoms with Crippen LogP contribution in [-0.4, -0.2) is 9.55 Å². The second kappa shape index (κ2) is 6.08. The third kappa shape index (κ3) is 2.75. The third-order valence-electron chi connectivity index (χ3n) is 4.70. The molecule has 2 aromatic carbocycles. The van der Waals surface area contributed by atoms with Crippen molar-refractivity contribution >= 4 is 11.0 Å². The van der Waals surface area contributed by atoms with Gasteiger partial charge in [-0.15, -0.1) is 0 Å². The zero-order valence-corrected chi connectivity index (χ0v) is 15.3. The van der Waals surface area contributed by atoms with Crippen LogP contribution in [0, 0.1) is 13.8 Å². The van der Waals surface area contributed by atoms with E-state index in [9.17, 15) is 0 Å². The average molecular weight is 326 g/mol. The van der Waals surface area contributed by atoms with Gasteiger partial charge in [0.2, 0.25) is 0 Å². The Labute approximate surface area is 152 Å². The highest BCUT2D eigenvalue weighted by molar-refractivity contribution is 5.83. The van der Waals surface area contributed by atoms with Crippen LogP contribution in [0.25, 0.3) is 22.2 Å². The van der Waals surface area contributed by atoms with Crippen molar-refractivity contribution in [2.75, 3.05) is 0 Å². The lowest BCUT2D eigenvalue weighted by atomic mass is 9.86. The maximum atomic E-state index is 8.57. The molecule has 0 N–H and O–H groups in total. The fraction of sp³-hybridized carbons (Fsp3) is 0.409. The molecule has 0 atom stereocenters. The first-order chi connectivity index (χ1) is 13.1. The first kappa shape index (κ1) is 11.5. The number of aryl methyl sites for hydroxylation is 2. The molecule has 0 unspecified atom stereocenters. The summed E-state index contributed by atoms with van der Waals surface area (Å²) < 4.78 is 41.8. The Balaban J connectivity index is 2.26. The van der Waals surface area contributed by atoms with Gasteiger partial charge in [-0.25, -0.2) is 4.98 Å². The van der Waals surface area contributed by atoms with Crippen LogP contribution in [0.5, 0.6) is 0 Å². The molecule has 0 aliphatic heterocycles. The summed E-state index contributed by atoms with van der Waals surface area (Å²) in [5, 5.41) is 0. The van der Waals surface area contributed by atoms with Gasteiger partial charge >= 0.3 is 0 Å². The maximum absolute atomic E-state index is 8.57. The number of aromatic nitrogens is 2. The molecule has 24 heavy (non-hydrogen) atoms. The minimum absolute atomic E-state index is 0.0644. The fourth-order valence-corrected chi connectivity index (χ4v) is 3.30. The van der Waals surface area contributed by atoms with E-state index in [1.165, 1.54) is 0 Å². The highest BCUT2D eigenvalue weighted by Gasteiger charge is 2.14. The molecule has 0 spiro atoms. The predicted molar refractivity (Wildman–Crippen MR) is 104 cm³/mol. The number of hydrogen-bond acceptors (Lipinski definition) is 1. The lowest BCUT2D eigenvalue weighted by Crippen LogP contribution is -2.00. The van der Waals surface area contributed by atoms with Crippen LogP contribution in [0.3, 0.4) is 0 Å². The number of imidazole rings is 1. The number of fused-ring (bicyclic) bond motifs is 1. The molecule has 1 aromatic heterocycles. The minimum Gasteiger partial charge on any atom is -0.331 e. The molecule has 2 nitrogen and oxygen atoms in total. The Hall–Kier alpha value is -2.09. The summed E-state index contributed by atoms with van der Waals surface area (Å²) in [5.74, 6) is -1.54. The molecule has 3 rings (SSSR count). The lowest BCUT2D eigenvalue weighted by Gasteiger charge is -2.19. The van der Waals surface area contributed by atoms with Crippen LogP contribution in [-0.2, 0) is 7.05 Å². The van der Waals surface area contributed by atoms with E-state index < -0.39 is 18.6 Å². The fourth-order valence-electron chi connectivity index (χ4n) is 3.30. The van der Waals surface area contributed by atoms with Crippen molar-refractivity contribution in [3.63, 3.8) is 0 Å². The van der Waals surface area contributed by atoms with Gasteiger partial charge in [0.05, 0.1) is 11.0 Å². The second-order valence-corrected chi connectivity index (χ2v) is 6.89. The summed E-state index contributed by atoms with van der Waals surface area (Å²) in [7, 11) is 1.71. The van der Waals surface area contributed by atoms with Crippen LogP contribution in [0.1, 0.15) is 68.9 Å². The third-order valence-corrected chi connectivity index (χ3v) is 4.70. The summed E-state index contributed by atoms with van der Waals surface area (Å²) >= 11 is 0. The van der Waals surface area contributed by atoms with E-state index in [1.54, 1.807) is 11.6 Å². The summed E-state index contributed by atoms with van der Waals surface area (Å²) in [6.45, 7) is 7.11. The zero-order chi connectivity index (χ0) is 21.9. The predicted octanol–water partition coefficient (Wildman–Crippen LogP) is 6.10. The quantitative estimate of drug-likeness (QED) is 0.568. The number of benzene rings is 2. The molecule has 0 saturated carbocycles. The Morgan fingerprint density at radius 3 is 2.17 bits per heavy atom. The standard InChI is InChI=1S/C22H28N2/c1-13(2)19-10-18(11-20(14(3)4)15(19)5)17-8-9-22-21(12-17)23-16(6)24(22)7/h8-14H,1-7H3/i6D3,13D,14D. The molecule has 0 aliphatic carbocycles. The van der Waals surface area contributed by atoms with E-state index in [1.807, 2.05) is 65.0 Å². The van der Waals surface area contributed by atoms with E-state index in [2.05, 4.69) is 4.98 Å². The van der Waals surface area contributed by atoms with E-state index in [0.29, 0.717) is 5.52 Å². The van der Waals surface area contributed by atoms with Gasteiger partial charge in [0.25, 0.3) is 0 Å². The van der Waals surface area contributed by atoms with E-state index in [-0.39, 0.29) is 5.82 Å². The van der Waals surface area contributed by atoms with Crippen LogP contribution >= 0.6 is 0 Å². The first-order valence-corrected chi connectivity index (χ1v) is 8.23. The molecule has 0 amide bonds. The van der Waals surface area contributed by atoms with Crippen molar-refractivity contribution in [1.82, 2.24) is 9.55 Å². The molecule has 3 aromatic rings. The number of rotatable bonds is 3. The second-order valence-electron chi connectivity index (χ2n) is 6.89. The molecule has 0 aliphatic rings. The highest BCUT2D eigenvalue weighted by Crippen LogP contribution is 2.34. The van der Waals surface area contributed by atoms with Gasteiger partial charge in [-0.05, 0) is 65.5 Å². The smallest absolute Gasteiger partial charge is 0.106 e. The normalized spacial score (nSPS) is 16.3. The van der Waals surface area contributed by atoms with Gasteiger partial charge in [-0.2, -0.15) is 0 Å². The summed E-state index contributed by atoms with van der Waals surface area (Å²) in [5.41, 5.74) is 5.92. The molecule has 0 radical (unpaired) electrons. The van der Waals surface area contributed by atoms with Crippen LogP contribution in [0.15, 0.2) is 30.3 Å². The molecule has 0 bridgehead atoms. The van der Waals surface area contributed by atoms with E-state index in [0.717, 1.165) is 33.3 Å². The molecular weight excluding hydrogens is 292 g/mol. The van der Waals surface area contributed by atoms with E-state index >= 15 is 0 Å². The molecule has 0 fully saturated rings. The zero-order valence-electron chi connectivity index (χ0n) is 20.3. The van der Waals surface area contributed by atoms with Crippen molar-refractivity contribution < 1.29 is 6.85 Å². The first-order valence-electron chi connectivity index (χ1n) is 10.7.